The molecule has 4 heterocycles. The second kappa shape index (κ2) is 8.71. The van der Waals surface area contributed by atoms with Crippen LogP contribution >= 0.6 is 0 Å². The predicted molar refractivity (Wildman–Crippen MR) is 159 cm³/mol. The Balaban J connectivity index is 1.35. The largest absolute Gasteiger partial charge is 0.439 e. The van der Waals surface area contributed by atoms with Gasteiger partial charge in [0.15, 0.2) is 0 Å². The van der Waals surface area contributed by atoms with E-state index in [1.54, 1.807) is 6.20 Å². The van der Waals surface area contributed by atoms with Crippen molar-refractivity contribution in [1.82, 2.24) is 14.5 Å². The van der Waals surface area contributed by atoms with Crippen LogP contribution in [0.25, 0.3) is 38.6 Å². The maximum absolute atomic E-state index is 6.13. The van der Waals surface area contributed by atoms with Crippen LogP contribution in [-0.4, -0.2) is 21.2 Å². The van der Waals surface area contributed by atoms with Gasteiger partial charge in [0, 0.05) is 46.6 Å². The zero-order valence-electron chi connectivity index (χ0n) is 21.0. The van der Waals surface area contributed by atoms with Gasteiger partial charge in [0.2, 0.25) is 5.88 Å². The number of ether oxygens (including phenoxy) is 1. The van der Waals surface area contributed by atoms with Crippen LogP contribution in [0.2, 0.25) is 0 Å². The Kier molecular flexibility index (Phi) is 4.89. The lowest BCUT2D eigenvalue weighted by Gasteiger charge is -2.13. The van der Waals surface area contributed by atoms with Gasteiger partial charge in [-0.05, 0) is 59.7 Å². The molecule has 39 heavy (non-hydrogen) atoms. The molecule has 0 N–H and O–H groups in total. The molecule has 4 aromatic carbocycles. The Morgan fingerprint density at radius 3 is 2.21 bits per heavy atom. The summed E-state index contributed by atoms with van der Waals surface area (Å²) in [6.07, 6.45) is 3.63. The number of pyridine rings is 2. The molecule has 0 unspecified atom stereocenters. The molecule has 0 saturated carbocycles. The minimum Gasteiger partial charge on any atom is -0.439 e. The predicted octanol–water partition coefficient (Wildman–Crippen LogP) is 5.86. The summed E-state index contributed by atoms with van der Waals surface area (Å²) >= 11 is 0. The monoisotopic (exact) mass is 499 g/mol. The van der Waals surface area contributed by atoms with E-state index in [1.165, 1.54) is 32.8 Å². The number of nitrogens with zero attached hydrogens (tertiary/aromatic N) is 3. The highest BCUT2D eigenvalue weighted by molar-refractivity contribution is 6.98. The van der Waals surface area contributed by atoms with Crippen LogP contribution < -0.4 is 21.3 Å². The summed E-state index contributed by atoms with van der Waals surface area (Å²) in [6.45, 7) is 0.0912. The average Bonchev–Trinajstić information content (AvgIpc) is 3.50. The van der Waals surface area contributed by atoms with Gasteiger partial charge in [-0.2, -0.15) is 0 Å². The number of para-hydroxylation sites is 1. The molecule has 0 saturated heterocycles. The van der Waals surface area contributed by atoms with E-state index in [9.17, 15) is 0 Å². The molecule has 0 radical (unpaired) electrons. The van der Waals surface area contributed by atoms with E-state index >= 15 is 0 Å². The highest BCUT2D eigenvalue weighted by atomic mass is 16.5. The molecule has 7 aromatic rings. The van der Waals surface area contributed by atoms with E-state index in [1.807, 2.05) is 36.5 Å². The fraction of sp³-hybridized carbons (Fsp3) is 0. The molecule has 0 spiro atoms. The van der Waals surface area contributed by atoms with Gasteiger partial charge >= 0.3 is 0 Å². The molecule has 1 aliphatic heterocycles. The Hall–Kier alpha value is -5.16. The zero-order valence-corrected chi connectivity index (χ0v) is 21.0. The molecular weight excluding hydrogens is 477 g/mol. The van der Waals surface area contributed by atoms with Gasteiger partial charge in [-0.3, -0.25) is 4.98 Å². The van der Waals surface area contributed by atoms with Crippen molar-refractivity contribution >= 4 is 45.0 Å². The van der Waals surface area contributed by atoms with Gasteiger partial charge < -0.3 is 9.30 Å². The Bertz CT molecular complexity index is 2000. The van der Waals surface area contributed by atoms with Gasteiger partial charge in [0.1, 0.15) is 5.75 Å². The Morgan fingerprint density at radius 1 is 0.564 bits per heavy atom. The molecule has 4 nitrogen and oxygen atoms in total. The summed E-state index contributed by atoms with van der Waals surface area (Å²) < 4.78 is 8.47. The van der Waals surface area contributed by atoms with Crippen molar-refractivity contribution in [3.63, 3.8) is 0 Å². The summed E-state index contributed by atoms with van der Waals surface area (Å²) in [6, 6.07) is 42.2. The maximum atomic E-state index is 6.13. The molecule has 0 bridgehead atoms. The lowest BCUT2D eigenvalue weighted by Crippen LogP contribution is -2.50. The van der Waals surface area contributed by atoms with Crippen LogP contribution in [0.1, 0.15) is 0 Å². The molecule has 0 atom stereocenters. The maximum Gasteiger partial charge on any atom is 0.266 e. The first-order valence-corrected chi connectivity index (χ1v) is 13.1. The zero-order chi connectivity index (χ0) is 25.8. The number of hydrogen-bond acceptors (Lipinski definition) is 3. The Morgan fingerprint density at radius 2 is 1.33 bits per heavy atom. The minimum absolute atomic E-state index is 0.0912. The number of benzene rings is 4. The van der Waals surface area contributed by atoms with Gasteiger partial charge in [0.25, 0.3) is 6.71 Å². The third-order valence-electron chi connectivity index (χ3n) is 7.66. The van der Waals surface area contributed by atoms with Crippen molar-refractivity contribution in [3.8, 4) is 28.4 Å². The van der Waals surface area contributed by atoms with Crippen molar-refractivity contribution < 1.29 is 4.74 Å². The van der Waals surface area contributed by atoms with E-state index < -0.39 is 0 Å². The first kappa shape index (κ1) is 21.9. The van der Waals surface area contributed by atoms with E-state index in [0.29, 0.717) is 5.88 Å². The lowest BCUT2D eigenvalue weighted by molar-refractivity contribution is 0.463. The molecule has 8 rings (SSSR count). The van der Waals surface area contributed by atoms with E-state index in [0.717, 1.165) is 28.1 Å². The second-order valence-electron chi connectivity index (χ2n) is 9.85. The van der Waals surface area contributed by atoms with Crippen LogP contribution in [-0.2, 0) is 0 Å². The molecule has 0 amide bonds. The lowest BCUT2D eigenvalue weighted by atomic mass is 9.40. The van der Waals surface area contributed by atoms with Gasteiger partial charge in [-0.25, -0.2) is 4.98 Å². The van der Waals surface area contributed by atoms with Crippen LogP contribution in [0.15, 0.2) is 134 Å². The van der Waals surface area contributed by atoms with Crippen LogP contribution in [0.4, 0.5) is 0 Å². The topological polar surface area (TPSA) is 39.9 Å². The minimum atomic E-state index is 0.0912. The van der Waals surface area contributed by atoms with Crippen LogP contribution in [0.5, 0.6) is 11.6 Å². The number of fused-ring (bicyclic) bond motifs is 6. The highest BCUT2D eigenvalue weighted by Gasteiger charge is 2.34. The van der Waals surface area contributed by atoms with E-state index in [2.05, 4.69) is 101 Å². The highest BCUT2D eigenvalue weighted by Crippen LogP contribution is 2.35. The molecular formula is C34H22BN3O. The molecule has 5 heteroatoms. The van der Waals surface area contributed by atoms with Crippen LogP contribution in [0.3, 0.4) is 0 Å². The normalized spacial score (nSPS) is 12.1. The van der Waals surface area contributed by atoms with Crippen molar-refractivity contribution in [2.24, 2.45) is 0 Å². The third kappa shape index (κ3) is 3.47. The molecule has 182 valence electrons. The quantitative estimate of drug-likeness (QED) is 0.285. The third-order valence-corrected chi connectivity index (χ3v) is 7.66. The standard InChI is InChI=1S/C34H22BN3O/c1-3-11-29-25(9-1)26-17-15-23(21-30(26)35(29)33-13-5-7-19-36-33)38-31-12-4-2-10-27(31)28-18-16-24(22-32(28)38)39-34-14-6-8-20-37-34/h1-22H. The van der Waals surface area contributed by atoms with E-state index in [-0.39, 0.29) is 6.71 Å². The first-order chi connectivity index (χ1) is 19.3. The molecule has 3 aromatic heterocycles. The summed E-state index contributed by atoms with van der Waals surface area (Å²) in [4.78, 5) is 9.11. The smallest absolute Gasteiger partial charge is 0.266 e. The van der Waals surface area contributed by atoms with E-state index in [4.69, 9.17) is 9.72 Å². The summed E-state index contributed by atoms with van der Waals surface area (Å²) in [5.74, 6) is 1.33. The molecule has 0 aliphatic carbocycles. The number of aromatic nitrogens is 3. The molecule has 0 fully saturated rings. The summed E-state index contributed by atoms with van der Waals surface area (Å²) in [5, 5.41) is 2.39. The second-order valence-corrected chi connectivity index (χ2v) is 9.85. The average molecular weight is 499 g/mol. The van der Waals surface area contributed by atoms with Gasteiger partial charge in [-0.15, -0.1) is 0 Å². The van der Waals surface area contributed by atoms with Crippen molar-refractivity contribution in [2.45, 2.75) is 0 Å². The number of rotatable bonds is 4. The first-order valence-electron chi connectivity index (χ1n) is 13.1. The summed E-state index contributed by atoms with van der Waals surface area (Å²) in [7, 11) is 0. The van der Waals surface area contributed by atoms with Crippen molar-refractivity contribution in [2.75, 3.05) is 0 Å². The fourth-order valence-electron chi connectivity index (χ4n) is 6.02. The SMILES string of the molecule is c1ccc(Oc2ccc3c4ccccc4n(-c4ccc5c(c4)B(c4ccccn4)c4ccccc4-5)c3c2)nc1. The van der Waals surface area contributed by atoms with Crippen molar-refractivity contribution in [3.05, 3.63) is 134 Å². The summed E-state index contributed by atoms with van der Waals surface area (Å²) in [5.41, 5.74) is 9.56. The van der Waals surface area contributed by atoms with Gasteiger partial charge in [-0.1, -0.05) is 71.6 Å². The van der Waals surface area contributed by atoms with Crippen molar-refractivity contribution in [1.29, 1.82) is 0 Å². The molecule has 1 aliphatic rings. The van der Waals surface area contributed by atoms with Gasteiger partial charge in [0.05, 0.1) is 11.0 Å². The Labute approximate surface area is 226 Å². The van der Waals surface area contributed by atoms with Crippen LogP contribution in [0, 0.1) is 0 Å². The fourth-order valence-corrected chi connectivity index (χ4v) is 6.02. The number of hydrogen-bond donors (Lipinski definition) is 0.